The number of carbonyl (C=O) groups is 1. The normalized spacial score (nSPS) is 23.4. The average Bonchev–Trinajstić information content (AvgIpc) is 3.90. The van der Waals surface area contributed by atoms with Crippen LogP contribution in [0.25, 0.3) is 21.5 Å². The first-order chi connectivity index (χ1) is 26.0. The Bertz CT molecular complexity index is 2210. The zero-order chi connectivity index (χ0) is 36.3. The summed E-state index contributed by atoms with van der Waals surface area (Å²) < 4.78 is 23.0. The first-order valence-electron chi connectivity index (χ1n) is 17.9. The van der Waals surface area contributed by atoms with Crippen molar-refractivity contribution in [1.82, 2.24) is 40.6 Å². The minimum absolute atomic E-state index is 0.208. The predicted octanol–water partition coefficient (Wildman–Crippen LogP) is 2.91. The number of benzene rings is 4. The molecule has 274 valence electrons. The number of hydrogen-bond acceptors (Lipinski definition) is 12. The van der Waals surface area contributed by atoms with Crippen LogP contribution in [0, 0.1) is 0 Å². The molecule has 14 nitrogen and oxygen atoms in total. The van der Waals surface area contributed by atoms with Gasteiger partial charge in [0.05, 0.1) is 50.2 Å². The Morgan fingerprint density at radius 1 is 0.698 bits per heavy atom. The summed E-state index contributed by atoms with van der Waals surface area (Å²) in [5, 5.41) is 48.9. The number of aromatic nitrogens is 6. The van der Waals surface area contributed by atoms with Gasteiger partial charge in [0, 0.05) is 26.1 Å². The van der Waals surface area contributed by atoms with Gasteiger partial charge in [0.25, 0.3) is 0 Å². The van der Waals surface area contributed by atoms with E-state index in [1.54, 1.807) is 0 Å². The zero-order valence-electron chi connectivity index (χ0n) is 29.2. The first-order valence-corrected chi connectivity index (χ1v) is 17.9. The topological polar surface area (TPSA) is 171 Å². The van der Waals surface area contributed by atoms with E-state index in [1.807, 2.05) is 48.5 Å². The standard InChI is InChI=1S/C39H42N8O6/c48-23-33-19-42-44-46(33)38(13-15-40-21-35(38)51-25-27-9-11-29-5-1-3-7-31(29)17-27)37(50)53-39(47-34(24-49)20-43-45-47)14-16-41-22-36(39)52-26-28-10-12-30-6-2-4-8-32(30)18-28/h1-12,17-20,35-36,40-41,48-49H,13-16,21-26H2. The van der Waals surface area contributed by atoms with E-state index >= 15 is 4.79 Å². The van der Waals surface area contributed by atoms with Crippen molar-refractivity contribution in [2.75, 3.05) is 26.2 Å². The Kier molecular flexibility index (Phi) is 9.96. The molecule has 4 atom stereocenters. The van der Waals surface area contributed by atoms with Crippen LogP contribution in [0.15, 0.2) is 97.3 Å². The molecule has 14 heteroatoms. The van der Waals surface area contributed by atoms with E-state index in [0.29, 0.717) is 37.6 Å². The minimum atomic E-state index is -1.54. The third-order valence-corrected chi connectivity index (χ3v) is 10.5. The second-order valence-electron chi connectivity index (χ2n) is 13.6. The summed E-state index contributed by atoms with van der Waals surface area (Å²) in [5.41, 5.74) is -0.485. The quantitative estimate of drug-likeness (QED) is 0.137. The number of nitrogens with zero attached hydrogens (tertiary/aromatic N) is 6. The average molecular weight is 719 g/mol. The summed E-state index contributed by atoms with van der Waals surface area (Å²) in [7, 11) is 0. The third-order valence-electron chi connectivity index (χ3n) is 10.5. The first kappa shape index (κ1) is 35.0. The summed E-state index contributed by atoms with van der Waals surface area (Å²) in [5.74, 6) is -0.650. The maximum absolute atomic E-state index is 15.3. The van der Waals surface area contributed by atoms with Crippen LogP contribution in [0.5, 0.6) is 0 Å². The maximum Gasteiger partial charge on any atom is 0.339 e. The van der Waals surface area contributed by atoms with E-state index in [2.05, 4.69) is 67.7 Å². The van der Waals surface area contributed by atoms with Gasteiger partial charge >= 0.3 is 5.97 Å². The molecule has 4 heterocycles. The number of esters is 1. The van der Waals surface area contributed by atoms with Gasteiger partial charge in [-0.15, -0.1) is 10.2 Å². The Hall–Kier alpha value is -5.09. The van der Waals surface area contributed by atoms with Crippen LogP contribution >= 0.6 is 0 Å². The minimum Gasteiger partial charge on any atom is -0.432 e. The molecule has 0 saturated carbocycles. The molecule has 0 aliphatic carbocycles. The van der Waals surface area contributed by atoms with Crippen LogP contribution in [0.3, 0.4) is 0 Å². The maximum atomic E-state index is 15.3. The van der Waals surface area contributed by atoms with Crippen molar-refractivity contribution in [3.8, 4) is 0 Å². The Balaban J connectivity index is 1.16. The second-order valence-corrected chi connectivity index (χ2v) is 13.6. The van der Waals surface area contributed by atoms with Crippen molar-refractivity contribution in [3.05, 3.63) is 120 Å². The van der Waals surface area contributed by atoms with Crippen LogP contribution in [0.4, 0.5) is 0 Å². The van der Waals surface area contributed by atoms with Gasteiger partial charge < -0.3 is 35.1 Å². The largest absolute Gasteiger partial charge is 0.432 e. The number of aliphatic hydroxyl groups is 2. The van der Waals surface area contributed by atoms with Crippen LogP contribution in [-0.2, 0) is 56.7 Å². The van der Waals surface area contributed by atoms with Crippen LogP contribution in [0.1, 0.15) is 35.4 Å². The summed E-state index contributed by atoms with van der Waals surface area (Å²) in [6, 6.07) is 28.5. The van der Waals surface area contributed by atoms with Crippen LogP contribution in [-0.4, -0.2) is 84.6 Å². The molecular weight excluding hydrogens is 676 g/mol. The summed E-state index contributed by atoms with van der Waals surface area (Å²) in [6.07, 6.45) is 1.85. The van der Waals surface area contributed by atoms with Crippen molar-refractivity contribution in [2.24, 2.45) is 0 Å². The fourth-order valence-corrected chi connectivity index (χ4v) is 7.70. The molecule has 2 aliphatic heterocycles. The number of nitrogens with one attached hydrogen (secondary N) is 2. The van der Waals surface area contributed by atoms with Crippen molar-refractivity contribution < 1.29 is 29.2 Å². The summed E-state index contributed by atoms with van der Waals surface area (Å²) >= 11 is 0. The van der Waals surface area contributed by atoms with E-state index < -0.39 is 36.0 Å². The van der Waals surface area contributed by atoms with Crippen LogP contribution in [0.2, 0.25) is 0 Å². The third kappa shape index (κ3) is 6.58. The SMILES string of the molecule is O=C(OC1(n2nncc2CO)CCNCC1OCc1ccc2ccccc2c1)C1(n2nncc2CO)CCNCC1OCc1ccc2ccccc2c1. The van der Waals surface area contributed by atoms with Gasteiger partial charge in [0.2, 0.25) is 5.72 Å². The van der Waals surface area contributed by atoms with Crippen molar-refractivity contribution in [1.29, 1.82) is 0 Å². The lowest BCUT2D eigenvalue weighted by atomic mass is 9.84. The highest BCUT2D eigenvalue weighted by molar-refractivity contribution is 5.84. The fraction of sp³-hybridized carbons (Fsp3) is 0.359. The van der Waals surface area contributed by atoms with E-state index in [4.69, 9.17) is 14.2 Å². The van der Waals surface area contributed by atoms with Gasteiger partial charge in [-0.05, 0) is 57.8 Å². The number of fused-ring (bicyclic) bond motifs is 2. The van der Waals surface area contributed by atoms with Crippen molar-refractivity contribution >= 4 is 27.5 Å². The van der Waals surface area contributed by atoms with E-state index in [9.17, 15) is 10.2 Å². The van der Waals surface area contributed by atoms with Crippen molar-refractivity contribution in [3.63, 3.8) is 0 Å². The summed E-state index contributed by atoms with van der Waals surface area (Å²) in [4.78, 5) is 15.3. The molecule has 0 amide bonds. The highest BCUT2D eigenvalue weighted by Crippen LogP contribution is 2.39. The molecule has 0 spiro atoms. The monoisotopic (exact) mass is 718 g/mol. The number of piperidine rings is 2. The Labute approximate surface area is 305 Å². The predicted molar refractivity (Wildman–Crippen MR) is 194 cm³/mol. The zero-order valence-corrected chi connectivity index (χ0v) is 29.2. The summed E-state index contributed by atoms with van der Waals surface area (Å²) in [6.45, 7) is 1.18. The molecule has 4 unspecified atom stereocenters. The molecule has 0 bridgehead atoms. The molecule has 0 radical (unpaired) electrons. The van der Waals surface area contributed by atoms with Gasteiger partial charge in [0.15, 0.2) is 5.54 Å². The molecule has 2 aliphatic rings. The van der Waals surface area contributed by atoms with E-state index in [0.717, 1.165) is 32.7 Å². The van der Waals surface area contributed by atoms with Gasteiger partial charge in [-0.2, -0.15) is 0 Å². The molecular formula is C39H42N8O6. The number of carbonyl (C=O) groups excluding carboxylic acids is 1. The lowest BCUT2D eigenvalue weighted by Crippen LogP contribution is -2.66. The van der Waals surface area contributed by atoms with Gasteiger partial charge in [-0.1, -0.05) is 83.2 Å². The molecule has 4 aromatic carbocycles. The van der Waals surface area contributed by atoms with E-state index in [1.165, 1.54) is 21.8 Å². The number of hydrogen-bond donors (Lipinski definition) is 4. The molecule has 4 N–H and O–H groups in total. The van der Waals surface area contributed by atoms with E-state index in [-0.39, 0.29) is 32.7 Å². The Morgan fingerprint density at radius 3 is 1.85 bits per heavy atom. The van der Waals surface area contributed by atoms with Gasteiger partial charge in [-0.3, -0.25) is 0 Å². The highest BCUT2D eigenvalue weighted by Gasteiger charge is 2.58. The number of rotatable bonds is 12. The molecule has 53 heavy (non-hydrogen) atoms. The van der Waals surface area contributed by atoms with Gasteiger partial charge in [-0.25, -0.2) is 14.2 Å². The number of ether oxygens (including phenoxy) is 3. The molecule has 2 fully saturated rings. The highest BCUT2D eigenvalue weighted by atomic mass is 16.6. The Morgan fingerprint density at radius 2 is 1.23 bits per heavy atom. The smallest absolute Gasteiger partial charge is 0.339 e. The lowest BCUT2D eigenvalue weighted by molar-refractivity contribution is -0.235. The fourth-order valence-electron chi connectivity index (χ4n) is 7.70. The van der Waals surface area contributed by atoms with Gasteiger partial charge in [0.1, 0.15) is 12.2 Å². The van der Waals surface area contributed by atoms with Crippen LogP contribution < -0.4 is 10.6 Å². The van der Waals surface area contributed by atoms with Crippen molar-refractivity contribution in [2.45, 2.75) is 62.7 Å². The number of aliphatic hydroxyl groups excluding tert-OH is 2. The molecule has 6 aromatic rings. The molecule has 8 rings (SSSR count). The second kappa shape index (κ2) is 15.1. The lowest BCUT2D eigenvalue weighted by Gasteiger charge is -2.47. The molecule has 2 saturated heterocycles. The molecule has 2 aromatic heterocycles.